The van der Waals surface area contributed by atoms with Gasteiger partial charge in [0.2, 0.25) is 0 Å². The largest absolute Gasteiger partial charge is 0.396 e. The van der Waals surface area contributed by atoms with Crippen LogP contribution in [-0.2, 0) is 57.3 Å². The summed E-state index contributed by atoms with van der Waals surface area (Å²) in [6.07, 6.45) is 7.81. The highest BCUT2D eigenvalue weighted by Gasteiger charge is 2.26. The molecule has 0 aliphatic carbocycles. The molecule has 0 saturated heterocycles. The Bertz CT molecular complexity index is 1130. The Hall–Kier alpha value is 0.920. The second-order valence-corrected chi connectivity index (χ2v) is 28.0. The van der Waals surface area contributed by atoms with Gasteiger partial charge in [-0.05, 0) is 61.9 Å². The third kappa shape index (κ3) is 211. The Balaban J connectivity index is -0.0000000426. The molecule has 2 N–H and O–H groups in total. The molecule has 0 amide bonds. The average molecular weight is 1830 g/mol. The summed E-state index contributed by atoms with van der Waals surface area (Å²) >= 11 is 20.2. The number of carbonyl (C=O) groups excluding carboxylic acids is 8. The van der Waals surface area contributed by atoms with Crippen molar-refractivity contribution in [2.45, 2.75) is 105 Å². The average Bonchev–Trinajstić information content (AvgIpc) is 3.33. The number of ether oxygens (including phenoxy) is 4. The van der Waals surface area contributed by atoms with Gasteiger partial charge in [-0.2, -0.15) is 38.4 Å². The summed E-state index contributed by atoms with van der Waals surface area (Å²) in [6, 6.07) is 0. The van der Waals surface area contributed by atoms with Gasteiger partial charge in [0.15, 0.2) is 0 Å². The second kappa shape index (κ2) is 115. The molecule has 14 nitrogen and oxygen atoms in total. The zero-order valence-corrected chi connectivity index (χ0v) is 58.4. The summed E-state index contributed by atoms with van der Waals surface area (Å²) in [5, 5.41) is 18.5. The van der Waals surface area contributed by atoms with Gasteiger partial charge in [-0.3, -0.25) is 0 Å². The minimum atomic E-state index is -2.59. The zero-order valence-electron chi connectivity index (χ0n) is 42.3. The molecule has 0 radical (unpaired) electrons. The summed E-state index contributed by atoms with van der Waals surface area (Å²) in [7, 11) is 6.58. The Labute approximate surface area is 525 Å². The third-order valence-corrected chi connectivity index (χ3v) is 7.82. The van der Waals surface area contributed by atoms with Crippen molar-refractivity contribution in [2.75, 3.05) is 86.1 Å². The Morgan fingerprint density at radius 3 is 0.930 bits per heavy atom. The van der Waals surface area contributed by atoms with E-state index in [9.17, 15) is 8.78 Å². The molecule has 0 rings (SSSR count). The van der Waals surface area contributed by atoms with E-state index in [0.717, 1.165) is 79.9 Å². The number of aliphatic hydroxyl groups excluding tert-OH is 2. The van der Waals surface area contributed by atoms with Gasteiger partial charge in [0.1, 0.15) is -0.0619 Å². The van der Waals surface area contributed by atoms with Crippen molar-refractivity contribution in [1.82, 2.24) is 0 Å². The van der Waals surface area contributed by atoms with E-state index in [4.69, 9.17) is 67.5 Å². The molecule has 0 saturated carbocycles. The first kappa shape index (κ1) is 108. The summed E-state index contributed by atoms with van der Waals surface area (Å²) in [5.74, 6) is -2.59. The lowest BCUT2D eigenvalue weighted by Gasteiger charge is -2.14. The van der Waals surface area contributed by atoms with E-state index in [2.05, 4.69) is 221 Å². The minimum absolute atomic E-state index is 0. The fourth-order valence-corrected chi connectivity index (χ4v) is 2.99. The molecule has 426 valence electrons. The number of hydrogen-bond donors (Lipinski definition) is 2. The van der Waals surface area contributed by atoms with Crippen LogP contribution in [0.5, 0.6) is 0 Å². The number of rotatable bonds is 23. The van der Waals surface area contributed by atoms with Crippen LogP contribution in [0, 0.1) is 0 Å². The van der Waals surface area contributed by atoms with Gasteiger partial charge in [0.05, 0.1) is 9.04 Å². The molecule has 0 aromatic carbocycles. The molecule has 0 aliphatic heterocycles. The summed E-state index contributed by atoms with van der Waals surface area (Å²) in [6.45, 7) is 33.0. The Morgan fingerprint density at radius 2 is 0.761 bits per heavy atom. The minimum Gasteiger partial charge on any atom is -0.396 e. The maximum atomic E-state index is 12.7. The van der Waals surface area contributed by atoms with Crippen molar-refractivity contribution >= 4 is 192 Å². The molecule has 24 heteroatoms. The predicted octanol–water partition coefficient (Wildman–Crippen LogP) is 15.0. The molecule has 0 fully saturated rings. The van der Waals surface area contributed by atoms with Crippen LogP contribution in [-0.4, -0.2) is 127 Å². The van der Waals surface area contributed by atoms with Crippen LogP contribution in [0.25, 0.3) is 0 Å². The van der Waals surface area contributed by atoms with E-state index in [-0.39, 0.29) is 58.1 Å². The van der Waals surface area contributed by atoms with E-state index in [0.29, 0.717) is 25.2 Å². The van der Waals surface area contributed by atoms with Crippen LogP contribution in [0.2, 0.25) is 0 Å². The standard InChI is InChI=1S/C9H16F2O.C7H14O.C6H11BrO.C6H12O2.C6H12O.C5H9Br.CHI3.CH2I2.CH3I.4CO2.CH4/c1-4-9(10,11)7-8(2)5-6-12-3;1-4-7(2)5-6-8-3;2*1-6(5-7)3-4-8-2;1-3-6(2)4-5-7;1-3-5(2)4-6;2-1(3)4;2-1-3;1-2;4*2-1-3;/h2,4-7H2,1,3H3;2,4-6H2,1,3H3;1,3-5H2,2H3;7H,1,3-5H2,2H3;7H,2-5H2,1H3;2-4H2,1H3;1H;1H2;1H3;;;;;1H4. The number of alkyl halides is 10. The van der Waals surface area contributed by atoms with E-state index < -0.39 is 5.92 Å². The maximum Gasteiger partial charge on any atom is 0.373 e. The van der Waals surface area contributed by atoms with Gasteiger partial charge in [0.25, 0.3) is 5.92 Å². The van der Waals surface area contributed by atoms with Crippen molar-refractivity contribution in [3.8, 4) is 0 Å². The molecule has 0 atom stereocenters. The lowest BCUT2D eigenvalue weighted by molar-refractivity contribution is -0.193. The topological polar surface area (TPSA) is 214 Å². The molecular weight excluding hydrogens is 1750 g/mol. The first-order chi connectivity index (χ1) is 32.9. The fraction of sp³-hybridized carbons (Fsp3) is 0.660. The summed E-state index contributed by atoms with van der Waals surface area (Å²) in [5.41, 5.74) is 6.23. The summed E-state index contributed by atoms with van der Waals surface area (Å²) < 4.78 is 46.6. The number of hydrogen-bond acceptors (Lipinski definition) is 14. The van der Waals surface area contributed by atoms with Gasteiger partial charge < -0.3 is 29.2 Å². The van der Waals surface area contributed by atoms with E-state index in [1.54, 1.807) is 28.4 Å². The van der Waals surface area contributed by atoms with Gasteiger partial charge in [-0.15, -0.1) is 0 Å². The molecule has 0 heterocycles. The fourth-order valence-electron chi connectivity index (χ4n) is 2.32. The van der Waals surface area contributed by atoms with Gasteiger partial charge in [-0.25, -0.2) is 8.78 Å². The van der Waals surface area contributed by atoms with E-state index >= 15 is 0 Å². The van der Waals surface area contributed by atoms with Crippen LogP contribution < -0.4 is 0 Å². The Kier molecular flexibility index (Phi) is 175. The van der Waals surface area contributed by atoms with Crippen LogP contribution in [0.4, 0.5) is 8.78 Å². The smallest absolute Gasteiger partial charge is 0.373 e. The monoisotopic (exact) mass is 1830 g/mol. The molecular formula is C47H84Br2F2I6O14. The lowest BCUT2D eigenvalue weighted by Crippen LogP contribution is -2.15. The molecule has 0 aliphatic rings. The SMILES string of the molecule is C.C=C(CBr)CCOC.C=C(CC)CBr.C=C(CC)CCO.C=C(CC)CCOC.C=C(CCOC)CC(F)(F)CC.C=C(CO)CCOC.CI.IC(I)I.ICI.O=C=O.O=C=O.O=C=O.O=C=O. The third-order valence-electron chi connectivity index (χ3n) is 6.23. The molecule has 0 aromatic rings. The number of halogens is 10. The van der Waals surface area contributed by atoms with Gasteiger partial charge in [-0.1, -0.05) is 270 Å². The van der Waals surface area contributed by atoms with Crippen LogP contribution in [0.3, 0.4) is 0 Å². The first-order valence-corrected chi connectivity index (χ1v) is 31.1. The van der Waals surface area contributed by atoms with Crippen molar-refractivity contribution in [3.63, 3.8) is 0 Å². The number of allylic oxidation sites excluding steroid dienone is 1. The molecule has 71 heavy (non-hydrogen) atoms. The molecule has 0 spiro atoms. The van der Waals surface area contributed by atoms with Crippen molar-refractivity contribution < 1.29 is 76.3 Å². The van der Waals surface area contributed by atoms with Crippen molar-refractivity contribution in [3.05, 3.63) is 72.9 Å². The van der Waals surface area contributed by atoms with Crippen LogP contribution >= 0.6 is 167 Å². The molecule has 0 bridgehead atoms. The quantitative estimate of drug-likeness (QED) is 0.0553. The van der Waals surface area contributed by atoms with Crippen molar-refractivity contribution in [1.29, 1.82) is 0 Å². The normalized spacial score (nSPS) is 7.97. The van der Waals surface area contributed by atoms with E-state index in [1.807, 2.05) is 11.9 Å². The van der Waals surface area contributed by atoms with Crippen molar-refractivity contribution in [2.24, 2.45) is 0 Å². The number of methoxy groups -OCH3 is 4. The summed E-state index contributed by atoms with van der Waals surface area (Å²) in [4.78, 5) is 67.0. The second-order valence-electron chi connectivity index (χ2n) is 11.5. The Morgan fingerprint density at radius 1 is 0.535 bits per heavy atom. The molecule has 0 aromatic heterocycles. The number of aliphatic hydroxyl groups is 2. The highest BCUT2D eigenvalue weighted by Crippen LogP contribution is 2.27. The van der Waals surface area contributed by atoms with Crippen LogP contribution in [0.15, 0.2) is 72.9 Å². The van der Waals surface area contributed by atoms with Gasteiger partial charge >= 0.3 is 24.6 Å². The predicted molar refractivity (Wildman–Crippen MR) is 343 cm³/mol. The lowest BCUT2D eigenvalue weighted by atomic mass is 10.1. The molecule has 0 unspecified atom stereocenters. The highest BCUT2D eigenvalue weighted by molar-refractivity contribution is 14.3. The first-order valence-electron chi connectivity index (χ1n) is 19.9. The van der Waals surface area contributed by atoms with E-state index in [1.165, 1.54) is 26.1 Å². The maximum absolute atomic E-state index is 12.7. The van der Waals surface area contributed by atoms with Crippen LogP contribution in [0.1, 0.15) is 99.3 Å². The zero-order chi connectivity index (χ0) is 58.6. The van der Waals surface area contributed by atoms with Gasteiger partial charge in [0, 0.05) is 85.0 Å². The highest BCUT2D eigenvalue weighted by atomic mass is 127.